The highest BCUT2D eigenvalue weighted by Gasteiger charge is 2.70. The first kappa shape index (κ1) is 41.4. The average molecular weight is 781 g/mol. The maximum absolute atomic E-state index is 14.3. The summed E-state index contributed by atoms with van der Waals surface area (Å²) in [6, 6.07) is 6.55. The SMILES string of the molecule is CC(C)C1=C2[C@H]3CC[C@@H]4[C@@]5(C)CC[C@H](OC(=O)COCC(=O)O)C(C)(C)[C@@H]5CC[C@@]4(C)[C@]3(C)CC[C@@]2(NC(=O)C(C)(C)NC(=O)c2ccc(Cl)cc2)CC1=O. The molecule has 1 aromatic rings. The van der Waals surface area contributed by atoms with Gasteiger partial charge in [0.15, 0.2) is 5.78 Å². The molecule has 302 valence electrons. The van der Waals surface area contributed by atoms with Crippen molar-refractivity contribution in [1.29, 1.82) is 0 Å². The van der Waals surface area contributed by atoms with Gasteiger partial charge in [-0.05, 0) is 141 Å². The van der Waals surface area contributed by atoms with Crippen LogP contribution < -0.4 is 10.6 Å². The van der Waals surface area contributed by atoms with E-state index in [9.17, 15) is 24.0 Å². The minimum atomic E-state index is -1.25. The van der Waals surface area contributed by atoms with Crippen LogP contribution in [0.3, 0.4) is 0 Å². The summed E-state index contributed by atoms with van der Waals surface area (Å²) in [6.45, 7) is 18.5. The fourth-order valence-electron chi connectivity index (χ4n) is 12.7. The quantitative estimate of drug-likeness (QED) is 0.205. The molecule has 0 aliphatic heterocycles. The smallest absolute Gasteiger partial charge is 0.332 e. The Labute approximate surface area is 331 Å². The highest BCUT2D eigenvalue weighted by atomic mass is 35.5. The molecule has 55 heavy (non-hydrogen) atoms. The van der Waals surface area contributed by atoms with Crippen LogP contribution in [0.15, 0.2) is 35.4 Å². The van der Waals surface area contributed by atoms with E-state index in [-0.39, 0.29) is 70.2 Å². The van der Waals surface area contributed by atoms with Crippen LogP contribution in [0.1, 0.15) is 130 Å². The molecular formula is C44H61ClN2O8. The van der Waals surface area contributed by atoms with Gasteiger partial charge in [0.2, 0.25) is 5.91 Å². The van der Waals surface area contributed by atoms with E-state index in [4.69, 9.17) is 26.2 Å². The molecule has 0 saturated heterocycles. The van der Waals surface area contributed by atoms with E-state index in [1.165, 1.54) is 0 Å². The van der Waals surface area contributed by atoms with Crippen LogP contribution in [-0.2, 0) is 28.7 Å². The summed E-state index contributed by atoms with van der Waals surface area (Å²) in [5.74, 6) is -1.36. The van der Waals surface area contributed by atoms with Crippen LogP contribution in [-0.4, -0.2) is 65.0 Å². The number of carboxylic acid groups (broad SMARTS) is 1. The number of benzene rings is 1. The van der Waals surface area contributed by atoms with Crippen molar-refractivity contribution in [1.82, 2.24) is 10.6 Å². The first-order valence-electron chi connectivity index (χ1n) is 20.2. The van der Waals surface area contributed by atoms with Crippen molar-refractivity contribution < 1.29 is 38.6 Å². The molecule has 6 rings (SSSR count). The van der Waals surface area contributed by atoms with Gasteiger partial charge in [0.05, 0.1) is 5.54 Å². The van der Waals surface area contributed by atoms with Crippen LogP contribution in [0.5, 0.6) is 0 Å². The number of esters is 1. The van der Waals surface area contributed by atoms with Gasteiger partial charge in [0.1, 0.15) is 24.9 Å². The predicted molar refractivity (Wildman–Crippen MR) is 209 cm³/mol. The number of halogens is 1. The third-order valence-electron chi connectivity index (χ3n) is 15.5. The second kappa shape index (κ2) is 14.3. The molecule has 11 heteroatoms. The third-order valence-corrected chi connectivity index (χ3v) is 15.8. The van der Waals surface area contributed by atoms with Crippen molar-refractivity contribution in [2.45, 2.75) is 137 Å². The number of ether oxygens (including phenoxy) is 2. The maximum Gasteiger partial charge on any atom is 0.332 e. The number of aliphatic carboxylic acids is 1. The molecule has 4 saturated carbocycles. The van der Waals surface area contributed by atoms with Crippen molar-refractivity contribution in [3.05, 3.63) is 46.0 Å². The zero-order valence-electron chi connectivity index (χ0n) is 34.2. The van der Waals surface area contributed by atoms with Crippen LogP contribution >= 0.6 is 11.6 Å². The molecule has 0 unspecified atom stereocenters. The number of allylic oxidation sites excluding steroid dienone is 1. The van der Waals surface area contributed by atoms with Gasteiger partial charge in [-0.2, -0.15) is 0 Å². The van der Waals surface area contributed by atoms with Gasteiger partial charge in [-0.15, -0.1) is 0 Å². The molecule has 0 aromatic heterocycles. The molecule has 2 amide bonds. The summed E-state index contributed by atoms with van der Waals surface area (Å²) in [5, 5.41) is 15.8. The highest BCUT2D eigenvalue weighted by molar-refractivity contribution is 6.30. The number of rotatable bonds is 10. The molecule has 5 aliphatic carbocycles. The summed E-state index contributed by atoms with van der Waals surface area (Å²) >= 11 is 6.04. The fraction of sp³-hybridized carbons (Fsp3) is 0.705. The zero-order chi connectivity index (χ0) is 40.5. The van der Waals surface area contributed by atoms with E-state index < -0.39 is 29.6 Å². The maximum atomic E-state index is 14.3. The highest BCUT2D eigenvalue weighted by Crippen LogP contribution is 2.76. The third kappa shape index (κ3) is 6.85. The Balaban J connectivity index is 1.26. The summed E-state index contributed by atoms with van der Waals surface area (Å²) in [5.41, 5.74) is -0.0838. The van der Waals surface area contributed by atoms with Gasteiger partial charge < -0.3 is 25.2 Å². The van der Waals surface area contributed by atoms with Gasteiger partial charge in [0, 0.05) is 22.4 Å². The Hall–Kier alpha value is -3.24. The Morgan fingerprint density at radius 1 is 0.891 bits per heavy atom. The summed E-state index contributed by atoms with van der Waals surface area (Å²) in [7, 11) is 0. The number of carbonyl (C=O) groups is 5. The minimum absolute atomic E-state index is 0.00299. The molecule has 0 bridgehead atoms. The van der Waals surface area contributed by atoms with E-state index in [1.807, 2.05) is 0 Å². The first-order valence-corrected chi connectivity index (χ1v) is 20.6. The lowest BCUT2D eigenvalue weighted by Crippen LogP contribution is -2.68. The average Bonchev–Trinajstić information content (AvgIpc) is 3.38. The molecule has 0 spiro atoms. The van der Waals surface area contributed by atoms with Gasteiger partial charge in [0.25, 0.3) is 5.91 Å². The number of ketones is 1. The number of Topliss-reactive ketones (excluding diaryl/α,β-unsaturated/α-hetero) is 1. The van der Waals surface area contributed by atoms with Crippen molar-refractivity contribution in [3.8, 4) is 0 Å². The number of nitrogens with one attached hydrogen (secondary N) is 2. The molecule has 0 heterocycles. The van der Waals surface area contributed by atoms with E-state index >= 15 is 0 Å². The van der Waals surface area contributed by atoms with Gasteiger partial charge >= 0.3 is 11.9 Å². The predicted octanol–water partition coefficient (Wildman–Crippen LogP) is 7.71. The van der Waals surface area contributed by atoms with Crippen LogP contribution in [0.2, 0.25) is 5.02 Å². The number of fused-ring (bicyclic) bond motifs is 7. The number of carboxylic acids is 1. The number of carbonyl (C=O) groups excluding carboxylic acids is 4. The molecule has 1 aromatic carbocycles. The summed E-state index contributed by atoms with van der Waals surface area (Å²) < 4.78 is 11.0. The Bertz CT molecular complexity index is 1790. The van der Waals surface area contributed by atoms with Gasteiger partial charge in [-0.3, -0.25) is 14.4 Å². The van der Waals surface area contributed by atoms with Crippen LogP contribution in [0, 0.1) is 45.3 Å². The van der Waals surface area contributed by atoms with E-state index in [0.29, 0.717) is 28.8 Å². The molecule has 0 radical (unpaired) electrons. The summed E-state index contributed by atoms with van der Waals surface area (Å²) in [6.07, 6.45) is 7.05. The van der Waals surface area contributed by atoms with Crippen molar-refractivity contribution in [3.63, 3.8) is 0 Å². The molecule has 5 aliphatic rings. The molecule has 4 fully saturated rings. The lowest BCUT2D eigenvalue weighted by molar-refractivity contribution is -0.232. The number of amides is 2. The fourth-order valence-corrected chi connectivity index (χ4v) is 12.9. The van der Waals surface area contributed by atoms with Crippen LogP contribution in [0.4, 0.5) is 0 Å². The van der Waals surface area contributed by atoms with E-state index in [2.05, 4.69) is 59.1 Å². The zero-order valence-corrected chi connectivity index (χ0v) is 34.9. The monoisotopic (exact) mass is 780 g/mol. The molecular weight excluding hydrogens is 720 g/mol. The molecule has 3 N–H and O–H groups in total. The second-order valence-electron chi connectivity index (χ2n) is 19.5. The first-order chi connectivity index (χ1) is 25.5. The van der Waals surface area contributed by atoms with E-state index in [1.54, 1.807) is 38.1 Å². The van der Waals surface area contributed by atoms with Gasteiger partial charge in [-0.1, -0.05) is 60.1 Å². The molecule has 10 nitrogen and oxygen atoms in total. The second-order valence-corrected chi connectivity index (χ2v) is 20.0. The van der Waals surface area contributed by atoms with Gasteiger partial charge in [-0.25, -0.2) is 9.59 Å². The summed E-state index contributed by atoms with van der Waals surface area (Å²) in [4.78, 5) is 65.2. The standard InChI is InChI=1S/C44H61ClN2O8/c1-25(2)35-29(48)22-44(47-38(53)40(5,6)46-37(52)26-10-12-27(45)13-11-26)21-20-42(8)28(36(35)44)14-15-31-41(7)18-17-32(55-34(51)24-54-23-33(49)50)39(3,4)30(41)16-19-43(31,42)9/h10-13,25,28,30-32H,14-24H2,1-9H3,(H,46,52)(H,47,53)(H,49,50)/t28-,30+,31-,32+,41+,42-,43-,44-/m1/s1. The van der Waals surface area contributed by atoms with E-state index in [0.717, 1.165) is 56.1 Å². The Morgan fingerprint density at radius 2 is 1.56 bits per heavy atom. The lowest BCUT2D eigenvalue weighted by atomic mass is 9.33. The van der Waals surface area contributed by atoms with Crippen LogP contribution in [0.25, 0.3) is 0 Å². The normalized spacial score (nSPS) is 35.2. The minimum Gasteiger partial charge on any atom is -0.480 e. The van der Waals surface area contributed by atoms with Crippen molar-refractivity contribution in [2.75, 3.05) is 13.2 Å². The Morgan fingerprint density at radius 3 is 2.20 bits per heavy atom. The number of hydrogen-bond acceptors (Lipinski definition) is 7. The van der Waals surface area contributed by atoms with Crippen molar-refractivity contribution >= 4 is 41.1 Å². The lowest BCUT2D eigenvalue weighted by Gasteiger charge is -2.72. The topological polar surface area (TPSA) is 148 Å². The Kier molecular flexibility index (Phi) is 10.8. The van der Waals surface area contributed by atoms with Crippen molar-refractivity contribution in [2.24, 2.45) is 45.3 Å². The largest absolute Gasteiger partial charge is 0.480 e. The molecule has 8 atom stereocenters. The number of hydrogen-bond donors (Lipinski definition) is 3.